The van der Waals surface area contributed by atoms with Crippen LogP contribution in [0.25, 0.3) is 0 Å². The highest BCUT2D eigenvalue weighted by molar-refractivity contribution is 5.77. The molecule has 0 amide bonds. The van der Waals surface area contributed by atoms with Crippen molar-refractivity contribution in [1.82, 2.24) is 4.90 Å². The van der Waals surface area contributed by atoms with Crippen molar-refractivity contribution in [2.24, 2.45) is 50.7 Å². The summed E-state index contributed by atoms with van der Waals surface area (Å²) in [5, 5.41) is 33.5. The van der Waals surface area contributed by atoms with Gasteiger partial charge in [-0.2, -0.15) is 0 Å². The van der Waals surface area contributed by atoms with Crippen molar-refractivity contribution < 1.29 is 43.9 Å². The van der Waals surface area contributed by atoms with Gasteiger partial charge in [0.05, 0.1) is 43.2 Å². The quantitative estimate of drug-likeness (QED) is 0.296. The number of carboxylic acids is 1. The van der Waals surface area contributed by atoms with Gasteiger partial charge in [0.1, 0.15) is 5.54 Å². The molecule has 0 aromatic heterocycles. The SMILES string of the molecule is CC(=O)O[C@@H](C1C[C@@H](C)[C@H]2C(O1)[C@H](O)[C@@]1(C)C3CC[C@H]4C(C)(C)[C@@H](O[C@H]5CN(C(C)(C)C(=O)O)CCO5)CC[C@@]45CC35CC[C@]21C)C(C)(C)O. The third-order valence-electron chi connectivity index (χ3n) is 16.8. The summed E-state index contributed by atoms with van der Waals surface area (Å²) in [4.78, 5) is 26.1. The smallest absolute Gasteiger partial charge is 0.323 e. The molecule has 2 aliphatic heterocycles. The molecular weight excluding hydrogens is 638 g/mol. The normalized spacial score (nSPS) is 49.0. The maximum atomic E-state index is 12.6. The summed E-state index contributed by atoms with van der Waals surface area (Å²) in [5.41, 5.74) is -2.31. The number of carboxylic acid groups (broad SMARTS) is 1. The van der Waals surface area contributed by atoms with Gasteiger partial charge in [-0.3, -0.25) is 14.5 Å². The number of esters is 1. The Labute approximate surface area is 299 Å². The van der Waals surface area contributed by atoms with Crippen LogP contribution in [0.2, 0.25) is 0 Å². The van der Waals surface area contributed by atoms with Gasteiger partial charge < -0.3 is 34.3 Å². The number of aliphatic hydroxyl groups excluding tert-OH is 1. The number of aliphatic hydroxyl groups is 2. The molecule has 50 heavy (non-hydrogen) atoms. The van der Waals surface area contributed by atoms with Gasteiger partial charge in [-0.1, -0.05) is 34.6 Å². The molecule has 0 bridgehead atoms. The lowest BCUT2D eigenvalue weighted by atomic mass is 9.41. The highest BCUT2D eigenvalue weighted by atomic mass is 16.7. The van der Waals surface area contributed by atoms with E-state index in [-0.39, 0.29) is 51.1 Å². The summed E-state index contributed by atoms with van der Waals surface area (Å²) in [6.45, 7) is 21.6. The number of carbonyl (C=O) groups is 2. The largest absolute Gasteiger partial charge is 0.480 e. The molecule has 10 heteroatoms. The van der Waals surface area contributed by atoms with Crippen molar-refractivity contribution in [3.05, 3.63) is 0 Å². The molecule has 7 aliphatic rings. The van der Waals surface area contributed by atoms with E-state index in [1.807, 2.05) is 4.90 Å². The molecule has 3 N–H and O–H groups in total. The molecule has 14 atom stereocenters. The van der Waals surface area contributed by atoms with Crippen molar-refractivity contribution in [3.8, 4) is 0 Å². The van der Waals surface area contributed by atoms with Crippen LogP contribution in [0.5, 0.6) is 0 Å². The topological polar surface area (TPSA) is 135 Å². The lowest BCUT2D eigenvalue weighted by Crippen LogP contribution is -2.61. The zero-order chi connectivity index (χ0) is 36.6. The van der Waals surface area contributed by atoms with Crippen LogP contribution >= 0.6 is 0 Å². The summed E-state index contributed by atoms with van der Waals surface area (Å²) < 4.78 is 25.4. The second-order valence-electron chi connectivity index (χ2n) is 20.0. The lowest BCUT2D eigenvalue weighted by Gasteiger charge is -2.64. The maximum absolute atomic E-state index is 12.6. The first-order valence-electron chi connectivity index (χ1n) is 19.6. The number of morpholine rings is 1. The van der Waals surface area contributed by atoms with Gasteiger partial charge in [-0.05, 0) is 124 Å². The molecule has 284 valence electrons. The Hall–Kier alpha value is -1.30. The van der Waals surface area contributed by atoms with Crippen molar-refractivity contribution in [2.75, 3.05) is 19.7 Å². The highest BCUT2D eigenvalue weighted by Gasteiger charge is 2.84. The average Bonchev–Trinajstić information content (AvgIpc) is 3.65. The monoisotopic (exact) mass is 703 g/mol. The van der Waals surface area contributed by atoms with E-state index in [4.69, 9.17) is 18.9 Å². The first-order chi connectivity index (χ1) is 23.1. The molecule has 0 aromatic rings. The van der Waals surface area contributed by atoms with Gasteiger partial charge in [0.15, 0.2) is 12.4 Å². The third kappa shape index (κ3) is 4.93. The van der Waals surface area contributed by atoms with Crippen LogP contribution in [0.4, 0.5) is 0 Å². The van der Waals surface area contributed by atoms with E-state index < -0.39 is 47.7 Å². The molecule has 2 saturated heterocycles. The molecular formula is C40H65NO9. The predicted octanol–water partition coefficient (Wildman–Crippen LogP) is 5.41. The van der Waals surface area contributed by atoms with Crippen LogP contribution in [0.15, 0.2) is 0 Å². The van der Waals surface area contributed by atoms with Gasteiger partial charge in [0.25, 0.3) is 0 Å². The zero-order valence-corrected chi connectivity index (χ0v) is 32.3. The minimum atomic E-state index is -1.28. The Morgan fingerprint density at radius 1 is 0.980 bits per heavy atom. The van der Waals surface area contributed by atoms with E-state index >= 15 is 0 Å². The van der Waals surface area contributed by atoms with Crippen molar-refractivity contribution in [3.63, 3.8) is 0 Å². The lowest BCUT2D eigenvalue weighted by molar-refractivity contribution is -0.254. The van der Waals surface area contributed by atoms with E-state index in [1.54, 1.807) is 27.7 Å². The fourth-order valence-electron chi connectivity index (χ4n) is 14.1. The number of rotatable bonds is 7. The standard InChI is InChI=1S/C40H65NO9/c1-22-19-24(32(36(7,8)46)48-23(2)42)49-30-29(22)37(9)15-16-40-21-39(40)14-13-27(50-28-20-41(17-18-47-28)35(5,6)33(44)45)34(3,4)25(39)11-12-26(40)38(37,10)31(30)43/h22,24-32,43,46H,11-21H2,1-10H3,(H,44,45)/t22-,24?,25+,26?,27+,28+,29+,30?,31+,32+,37-,38-,39-,40?/m1/s1. The number of nitrogens with zero attached hydrogens (tertiary/aromatic N) is 1. The second-order valence-corrected chi connectivity index (χ2v) is 20.0. The third-order valence-corrected chi connectivity index (χ3v) is 16.8. The molecule has 7 rings (SSSR count). The molecule has 10 nitrogen and oxygen atoms in total. The van der Waals surface area contributed by atoms with Gasteiger partial charge in [0, 0.05) is 18.9 Å². The minimum absolute atomic E-state index is 0.0294. The number of fused-ring (bicyclic) bond motifs is 4. The van der Waals surface area contributed by atoms with E-state index in [9.17, 15) is 24.9 Å². The van der Waals surface area contributed by atoms with E-state index in [1.165, 1.54) is 19.8 Å². The van der Waals surface area contributed by atoms with Crippen LogP contribution in [0.1, 0.15) is 121 Å². The maximum Gasteiger partial charge on any atom is 0.323 e. The summed E-state index contributed by atoms with van der Waals surface area (Å²) in [6.07, 6.45) is 5.65. The molecule has 5 saturated carbocycles. The highest BCUT2D eigenvalue weighted by Crippen LogP contribution is 2.89. The van der Waals surface area contributed by atoms with E-state index in [0.29, 0.717) is 38.0 Å². The number of carbonyl (C=O) groups excluding carboxylic acids is 1. The van der Waals surface area contributed by atoms with Crippen molar-refractivity contribution >= 4 is 11.9 Å². The molecule has 4 unspecified atom stereocenters. The van der Waals surface area contributed by atoms with Crippen molar-refractivity contribution in [1.29, 1.82) is 0 Å². The average molecular weight is 704 g/mol. The second kappa shape index (κ2) is 11.6. The van der Waals surface area contributed by atoms with Gasteiger partial charge in [-0.25, -0.2) is 0 Å². The molecule has 0 aromatic carbocycles. The minimum Gasteiger partial charge on any atom is -0.480 e. The molecule has 5 aliphatic carbocycles. The Balaban J connectivity index is 1.11. The van der Waals surface area contributed by atoms with Crippen LogP contribution in [0, 0.1) is 50.7 Å². The van der Waals surface area contributed by atoms with Crippen LogP contribution in [-0.4, -0.2) is 99.8 Å². The summed E-state index contributed by atoms with van der Waals surface area (Å²) in [7, 11) is 0. The van der Waals surface area contributed by atoms with Crippen LogP contribution < -0.4 is 0 Å². The van der Waals surface area contributed by atoms with E-state index in [0.717, 1.165) is 32.1 Å². The first kappa shape index (κ1) is 37.0. The number of hydrogen-bond donors (Lipinski definition) is 3. The van der Waals surface area contributed by atoms with E-state index in [2.05, 4.69) is 34.6 Å². The zero-order valence-electron chi connectivity index (χ0n) is 32.3. The Morgan fingerprint density at radius 2 is 1.64 bits per heavy atom. The van der Waals surface area contributed by atoms with Crippen LogP contribution in [-0.2, 0) is 28.5 Å². The van der Waals surface area contributed by atoms with Crippen molar-refractivity contribution in [2.45, 2.75) is 169 Å². The van der Waals surface area contributed by atoms with Gasteiger partial charge in [-0.15, -0.1) is 0 Å². The Bertz CT molecular complexity index is 1380. The fraction of sp³-hybridized carbons (Fsp3) is 0.950. The van der Waals surface area contributed by atoms with Gasteiger partial charge in [0.2, 0.25) is 0 Å². The van der Waals surface area contributed by atoms with Crippen LogP contribution in [0.3, 0.4) is 0 Å². The number of aliphatic carboxylic acids is 1. The summed E-state index contributed by atoms with van der Waals surface area (Å²) in [5.74, 6) is 0.0461. The number of ether oxygens (including phenoxy) is 4. The first-order valence-corrected chi connectivity index (χ1v) is 19.6. The summed E-state index contributed by atoms with van der Waals surface area (Å²) >= 11 is 0. The molecule has 0 radical (unpaired) electrons. The molecule has 7 fully saturated rings. The number of hydrogen-bond acceptors (Lipinski definition) is 9. The fourth-order valence-corrected chi connectivity index (χ4v) is 14.1. The predicted molar refractivity (Wildman–Crippen MR) is 186 cm³/mol. The Morgan fingerprint density at radius 3 is 2.28 bits per heavy atom. The molecule has 2 heterocycles. The Kier molecular flexibility index (Phi) is 8.59. The summed E-state index contributed by atoms with van der Waals surface area (Å²) in [6, 6.07) is 0. The van der Waals surface area contributed by atoms with Gasteiger partial charge >= 0.3 is 11.9 Å². The molecule has 2 spiro atoms.